The maximum atomic E-state index is 12.4. The second-order valence-corrected chi connectivity index (χ2v) is 27.0. The fourth-order valence-electron chi connectivity index (χ4n) is 12.3. The van der Waals surface area contributed by atoms with Gasteiger partial charge in [-0.3, -0.25) is 29.4 Å². The number of ether oxygens (including phenoxy) is 12. The highest BCUT2D eigenvalue weighted by Gasteiger charge is 2.55. The zero-order valence-corrected chi connectivity index (χ0v) is 59.5. The second kappa shape index (κ2) is 47.8. The fourth-order valence-corrected chi connectivity index (χ4v) is 12.3. The Morgan fingerprint density at radius 2 is 0.736 bits per heavy atom. The van der Waals surface area contributed by atoms with Gasteiger partial charge in [-0.15, -0.1) is 0 Å². The highest BCUT2D eigenvalue weighted by atomic mass is 16.8. The predicted octanol–water partition coefficient (Wildman–Crippen LogP) is -10.7. The molecule has 0 spiro atoms. The summed E-state index contributed by atoms with van der Waals surface area (Å²) >= 11 is 0. The first kappa shape index (κ1) is 93.2. The molecule has 0 saturated carbocycles. The summed E-state index contributed by atoms with van der Waals surface area (Å²) in [5.74, 6) is -0.516. The molecule has 31 atom stereocenters. The minimum atomic E-state index is -1.90. The number of rotatable bonds is 44. The molecule has 41 nitrogen and oxygen atoms in total. The third kappa shape index (κ3) is 27.8. The van der Waals surface area contributed by atoms with Gasteiger partial charge in [0, 0.05) is 45.1 Å². The summed E-state index contributed by atoms with van der Waals surface area (Å²) in [7, 11) is 0. The number of Topliss-reactive ketones (excluding diaryl/α,β-unsaturated/α-hetero) is 3. The number of ketones is 3. The molecule has 6 fully saturated rings. The van der Waals surface area contributed by atoms with Crippen LogP contribution in [0.25, 0.3) is 0 Å². The number of amides is 2. The van der Waals surface area contributed by atoms with E-state index in [1.54, 1.807) is 0 Å². The van der Waals surface area contributed by atoms with Gasteiger partial charge < -0.3 is 170 Å². The Morgan fingerprint density at radius 1 is 0.377 bits per heavy atom. The van der Waals surface area contributed by atoms with Crippen LogP contribution in [0.1, 0.15) is 123 Å². The number of hydrazine groups is 1. The van der Waals surface area contributed by atoms with Crippen molar-refractivity contribution in [3.8, 4) is 0 Å². The normalized spacial score (nSPS) is 38.0. The molecule has 6 aliphatic heterocycles. The van der Waals surface area contributed by atoms with Gasteiger partial charge in [0.15, 0.2) is 37.7 Å². The molecule has 2 amide bonds. The van der Waals surface area contributed by atoms with Gasteiger partial charge in [-0.05, 0) is 64.8 Å². The van der Waals surface area contributed by atoms with Crippen molar-refractivity contribution in [3.05, 3.63) is 0 Å². The Balaban J connectivity index is 0.000000385. The molecular formula is C65H116N4O37. The van der Waals surface area contributed by atoms with E-state index in [-0.39, 0.29) is 74.6 Å². The summed E-state index contributed by atoms with van der Waals surface area (Å²) in [6, 6.07) is -0.500. The average molecular weight is 1550 g/mol. The first-order valence-electron chi connectivity index (χ1n) is 36.1. The number of aliphatic hydroxyl groups is 20. The minimum absolute atomic E-state index is 0.0151. The SMILES string of the molecule is CC(=O)[C@H](CCCCN)NNC(=O)CCCCCC(=O)NCCO[C@H]1O[C@H](CO[C@H]2O[C@H](CO)[C@@H](O)[C@H](O)[C@@H]2O)[C@@H](O)[C@H](O[C@H]2O[C@H](CO)[C@@H](O)[C@H](O)[C@@H]2O)[C@@H]1O.CCCC(=O)CCCCCC(=O)CCCO[C@H]1O[C@H](CO[C@H]2O[C@H](CO)[C@@H](O)[C@H](O)[C@@H]2O)[C@@H](O)[C@H](O[C@H]2O[C@H](CO)[C@@H](O)[C@H](O)[C@@H]2O)[C@@H]1O. The first-order valence-corrected chi connectivity index (χ1v) is 36.1. The smallest absolute Gasteiger partial charge is 0.234 e. The number of nitrogens with two attached hydrogens (primary N) is 1. The van der Waals surface area contributed by atoms with Crippen molar-refractivity contribution in [1.29, 1.82) is 0 Å². The molecule has 0 radical (unpaired) electrons. The van der Waals surface area contributed by atoms with Crippen LogP contribution in [0.2, 0.25) is 0 Å². The van der Waals surface area contributed by atoms with Crippen molar-refractivity contribution < 1.29 is 183 Å². The van der Waals surface area contributed by atoms with Gasteiger partial charge in [0.2, 0.25) is 11.8 Å². The van der Waals surface area contributed by atoms with Gasteiger partial charge >= 0.3 is 0 Å². The largest absolute Gasteiger partial charge is 0.394 e. The average Bonchev–Trinajstić information content (AvgIpc) is 0.791. The molecule has 6 aliphatic rings. The van der Waals surface area contributed by atoms with Crippen LogP contribution in [0.15, 0.2) is 0 Å². The molecule has 0 aromatic carbocycles. The van der Waals surface area contributed by atoms with E-state index in [0.717, 1.165) is 32.1 Å². The van der Waals surface area contributed by atoms with Gasteiger partial charge in [-0.1, -0.05) is 26.2 Å². The molecular weight excluding hydrogens is 1430 g/mol. The van der Waals surface area contributed by atoms with Gasteiger partial charge in [-0.2, -0.15) is 0 Å². The molecule has 0 aromatic rings. The summed E-state index contributed by atoms with van der Waals surface area (Å²) in [5.41, 5.74) is 10.8. The van der Waals surface area contributed by atoms with E-state index in [9.17, 15) is 126 Å². The van der Waals surface area contributed by atoms with Crippen molar-refractivity contribution in [1.82, 2.24) is 16.2 Å². The van der Waals surface area contributed by atoms with E-state index in [1.165, 1.54) is 6.92 Å². The highest BCUT2D eigenvalue weighted by molar-refractivity contribution is 5.82. The molecule has 618 valence electrons. The van der Waals surface area contributed by atoms with Crippen molar-refractivity contribution in [2.45, 2.75) is 313 Å². The summed E-state index contributed by atoms with van der Waals surface area (Å²) in [6.45, 7) is -0.701. The van der Waals surface area contributed by atoms with Crippen molar-refractivity contribution >= 4 is 29.2 Å². The van der Waals surface area contributed by atoms with Gasteiger partial charge in [0.1, 0.15) is 164 Å². The Morgan fingerprint density at radius 3 is 1.14 bits per heavy atom. The third-order valence-electron chi connectivity index (χ3n) is 18.8. The monoisotopic (exact) mass is 1540 g/mol. The van der Waals surface area contributed by atoms with E-state index >= 15 is 0 Å². The molecule has 106 heavy (non-hydrogen) atoms. The lowest BCUT2D eigenvalue weighted by atomic mass is 9.96. The molecule has 25 N–H and O–H groups in total. The third-order valence-corrected chi connectivity index (χ3v) is 18.8. The van der Waals surface area contributed by atoms with Crippen LogP contribution < -0.4 is 21.9 Å². The molecule has 0 aromatic heterocycles. The lowest BCUT2D eigenvalue weighted by Crippen LogP contribution is -2.65. The minimum Gasteiger partial charge on any atom is -0.394 e. The van der Waals surface area contributed by atoms with Crippen LogP contribution >= 0.6 is 0 Å². The maximum Gasteiger partial charge on any atom is 0.234 e. The Hall–Kier alpha value is -3.41. The van der Waals surface area contributed by atoms with Crippen molar-refractivity contribution in [2.75, 3.05) is 65.9 Å². The Kier molecular flexibility index (Phi) is 42.1. The molecule has 6 saturated heterocycles. The molecule has 0 bridgehead atoms. The van der Waals surface area contributed by atoms with Crippen LogP contribution in [-0.4, -0.2) is 388 Å². The predicted molar refractivity (Wildman–Crippen MR) is 352 cm³/mol. The van der Waals surface area contributed by atoms with Crippen LogP contribution in [-0.2, 0) is 80.8 Å². The number of nitrogens with one attached hydrogen (secondary N) is 3. The van der Waals surface area contributed by atoms with Gasteiger partial charge in [-0.25, -0.2) is 5.43 Å². The van der Waals surface area contributed by atoms with Crippen LogP contribution in [0.5, 0.6) is 0 Å². The molecule has 6 heterocycles. The number of unbranched alkanes of at least 4 members (excludes halogenated alkanes) is 5. The Bertz CT molecular complexity index is 2520. The maximum absolute atomic E-state index is 12.4. The van der Waals surface area contributed by atoms with Crippen LogP contribution in [0, 0.1) is 0 Å². The quantitative estimate of drug-likeness (QED) is 0.0199. The van der Waals surface area contributed by atoms with E-state index < -0.39 is 230 Å². The summed E-state index contributed by atoms with van der Waals surface area (Å²) in [6.07, 6.45) is -41.1. The van der Waals surface area contributed by atoms with E-state index in [1.807, 2.05) is 6.92 Å². The van der Waals surface area contributed by atoms with Crippen molar-refractivity contribution in [3.63, 3.8) is 0 Å². The second-order valence-electron chi connectivity index (χ2n) is 27.0. The molecule has 41 heteroatoms. The lowest BCUT2D eigenvalue weighted by Gasteiger charge is -2.46. The van der Waals surface area contributed by atoms with Gasteiger partial charge in [0.05, 0.1) is 58.9 Å². The summed E-state index contributed by atoms with van der Waals surface area (Å²) in [5, 5.41) is 208. The number of aliphatic hydroxyl groups excluding tert-OH is 20. The highest BCUT2D eigenvalue weighted by Crippen LogP contribution is 2.34. The van der Waals surface area contributed by atoms with E-state index in [4.69, 9.17) is 62.6 Å². The zero-order chi connectivity index (χ0) is 78.5. The first-order chi connectivity index (χ1) is 50.5. The van der Waals surface area contributed by atoms with Gasteiger partial charge in [0.25, 0.3) is 0 Å². The van der Waals surface area contributed by atoms with Crippen molar-refractivity contribution in [2.24, 2.45) is 5.73 Å². The van der Waals surface area contributed by atoms with E-state index in [2.05, 4.69) is 16.2 Å². The topological polar surface area (TPSA) is 663 Å². The number of carbonyl (C=O) groups is 5. The Labute approximate surface area is 611 Å². The fraction of sp³-hybridized carbons (Fsp3) is 0.923. The summed E-state index contributed by atoms with van der Waals surface area (Å²) in [4.78, 5) is 60.4. The number of carbonyl (C=O) groups excluding carboxylic acids is 5. The standard InChI is InChI=1S/C34H62N4O19.C31H54O18/c1-16(41)17(7-5-6-10-35)37-38-22(43)9-4-2-3-8-21(42)36-11-12-52-33-30(51)31(57-34-29(50)27(48)24(45)19(14-40)55-34)25(46)20(56-33)15-53-32-28(49)26(47)23(44)18(13-39)54-32;1-2-7-15(34)8-4-3-5-9-16(35)10-6-11-44-30-27(43)28(49-31-26(42)24(40)21(37)18(13-33)47-31)22(38)19(48-30)14-45-29-25(41)23(39)20(36)17(12-32)46-29/h17-20,23-34,37,39-40,44-51H,2-15,35H2,1H3,(H,36,42)(H,38,43);17-33,36-43H,2-14H2,1H3/t17-,18+,19+,20+,23+,24+,25+,26-,27-,28-,29-,30-,31-,32-,33-,34+;17-,18-,19-,20-,21-,22-,23+,24+,25+,26+,27+,28+,29+,30+,31-/m01/s1. The van der Waals surface area contributed by atoms with Crippen LogP contribution in [0.3, 0.4) is 0 Å². The van der Waals surface area contributed by atoms with E-state index in [0.29, 0.717) is 57.9 Å². The molecule has 0 unspecified atom stereocenters. The zero-order valence-electron chi connectivity index (χ0n) is 59.5. The molecule has 0 aliphatic carbocycles. The molecule has 6 rings (SSSR count). The van der Waals surface area contributed by atoms with Crippen LogP contribution in [0.4, 0.5) is 0 Å². The lowest BCUT2D eigenvalue weighted by molar-refractivity contribution is -0.366. The number of hydrogen-bond donors (Lipinski definition) is 24. The summed E-state index contributed by atoms with van der Waals surface area (Å²) < 4.78 is 66.5. The number of hydrogen-bond acceptors (Lipinski definition) is 39.